The summed E-state index contributed by atoms with van der Waals surface area (Å²) in [5, 5.41) is 1.61. The number of aromatic nitrogens is 1. The molecule has 0 atom stereocenters. The molecule has 0 amide bonds. The van der Waals surface area contributed by atoms with Crippen LogP contribution in [0, 0.1) is 0 Å². The van der Waals surface area contributed by atoms with Crippen molar-refractivity contribution in [3.05, 3.63) is 27.2 Å². The van der Waals surface area contributed by atoms with E-state index in [0.29, 0.717) is 10.6 Å². The highest BCUT2D eigenvalue weighted by Gasteiger charge is 2.19. The summed E-state index contributed by atoms with van der Waals surface area (Å²) in [6.07, 6.45) is 8.30. The fourth-order valence-electron chi connectivity index (χ4n) is 2.46. The first-order chi connectivity index (χ1) is 8.31. The van der Waals surface area contributed by atoms with Crippen LogP contribution in [0.1, 0.15) is 40.1 Å². The van der Waals surface area contributed by atoms with Gasteiger partial charge in [-0.3, -0.25) is 4.79 Å². The zero-order valence-corrected chi connectivity index (χ0v) is 10.9. The fourth-order valence-corrected chi connectivity index (χ4v) is 4.05. The molecule has 0 aliphatic heterocycles. The van der Waals surface area contributed by atoms with Crippen molar-refractivity contribution in [2.75, 3.05) is 0 Å². The third-order valence-electron chi connectivity index (χ3n) is 3.32. The van der Waals surface area contributed by atoms with E-state index in [0.717, 1.165) is 29.3 Å². The number of thiophene rings is 1. The second kappa shape index (κ2) is 4.39. The second-order valence-electron chi connectivity index (χ2n) is 4.39. The van der Waals surface area contributed by atoms with Gasteiger partial charge in [-0.05, 0) is 31.2 Å². The molecule has 0 fully saturated rings. The van der Waals surface area contributed by atoms with Crippen molar-refractivity contribution in [3.63, 3.8) is 0 Å². The highest BCUT2D eigenvalue weighted by molar-refractivity contribution is 7.19. The Labute approximate surface area is 109 Å². The summed E-state index contributed by atoms with van der Waals surface area (Å²) in [5.74, 6) is 0. The first-order valence-corrected chi connectivity index (χ1v) is 7.04. The molecule has 1 aliphatic carbocycles. The van der Waals surface area contributed by atoms with E-state index < -0.39 is 0 Å². The first kappa shape index (κ1) is 11.2. The molecule has 0 bridgehead atoms. The molecule has 0 saturated carbocycles. The largest absolute Gasteiger partial charge is 0.298 e. The Morgan fingerprint density at radius 3 is 2.94 bits per heavy atom. The maximum absolute atomic E-state index is 10.9. The molecule has 0 spiro atoms. The lowest BCUT2D eigenvalue weighted by Gasteiger charge is -2.02. The molecular formula is C13H12ClNOS. The van der Waals surface area contributed by atoms with Gasteiger partial charge >= 0.3 is 0 Å². The minimum absolute atomic E-state index is 0.504. The molecule has 0 unspecified atom stereocenters. The topological polar surface area (TPSA) is 30.0 Å². The zero-order valence-electron chi connectivity index (χ0n) is 9.33. The number of nitrogens with zero attached hydrogens (tertiary/aromatic N) is 1. The van der Waals surface area contributed by atoms with Crippen LogP contribution in [0.15, 0.2) is 6.20 Å². The summed E-state index contributed by atoms with van der Waals surface area (Å²) >= 11 is 8.04. The van der Waals surface area contributed by atoms with E-state index >= 15 is 0 Å². The molecule has 0 saturated heterocycles. The van der Waals surface area contributed by atoms with Crippen molar-refractivity contribution in [1.82, 2.24) is 4.98 Å². The van der Waals surface area contributed by atoms with Crippen LogP contribution in [0.4, 0.5) is 0 Å². The van der Waals surface area contributed by atoms with Crippen molar-refractivity contribution >= 4 is 39.4 Å². The SMILES string of the molecule is O=Cc1cnc2sc3c(c2c1Cl)CCCCC3. The Hall–Kier alpha value is -0.930. The molecule has 3 rings (SSSR count). The molecule has 2 aromatic rings. The van der Waals surface area contributed by atoms with Gasteiger partial charge in [0.05, 0.1) is 10.6 Å². The number of carbonyl (C=O) groups is 1. The number of rotatable bonds is 1. The van der Waals surface area contributed by atoms with Crippen molar-refractivity contribution in [1.29, 1.82) is 0 Å². The van der Waals surface area contributed by atoms with Crippen LogP contribution in [-0.4, -0.2) is 11.3 Å². The predicted molar refractivity (Wildman–Crippen MR) is 71.3 cm³/mol. The summed E-state index contributed by atoms with van der Waals surface area (Å²) in [7, 11) is 0. The molecule has 0 N–H and O–H groups in total. The van der Waals surface area contributed by atoms with Gasteiger partial charge in [0.15, 0.2) is 6.29 Å². The van der Waals surface area contributed by atoms with Gasteiger partial charge in [-0.2, -0.15) is 0 Å². The van der Waals surface area contributed by atoms with Gasteiger partial charge in [-0.25, -0.2) is 4.98 Å². The minimum atomic E-state index is 0.504. The first-order valence-electron chi connectivity index (χ1n) is 5.85. The Morgan fingerprint density at radius 2 is 2.12 bits per heavy atom. The standard InChI is InChI=1S/C13H12ClNOS/c14-12-8(7-16)6-15-13-11(12)9-4-2-1-3-5-10(9)17-13/h6-7H,1-5H2. The van der Waals surface area contributed by atoms with E-state index in [-0.39, 0.29) is 0 Å². The number of hydrogen-bond acceptors (Lipinski definition) is 3. The quantitative estimate of drug-likeness (QED) is 0.576. The summed E-state index contributed by atoms with van der Waals surface area (Å²) < 4.78 is 0. The van der Waals surface area contributed by atoms with Crippen molar-refractivity contribution in [2.45, 2.75) is 32.1 Å². The van der Waals surface area contributed by atoms with Crippen molar-refractivity contribution < 1.29 is 4.79 Å². The normalized spacial score (nSPS) is 15.6. The van der Waals surface area contributed by atoms with E-state index in [1.54, 1.807) is 17.5 Å². The Balaban J connectivity index is 2.30. The number of hydrogen-bond donors (Lipinski definition) is 0. The van der Waals surface area contributed by atoms with Crippen LogP contribution in [0.5, 0.6) is 0 Å². The van der Waals surface area contributed by atoms with E-state index in [4.69, 9.17) is 11.6 Å². The number of aryl methyl sites for hydroxylation is 2. The number of carbonyl (C=O) groups excluding carboxylic acids is 1. The van der Waals surface area contributed by atoms with Gasteiger partial charge in [0, 0.05) is 16.5 Å². The van der Waals surface area contributed by atoms with Crippen LogP contribution in [0.25, 0.3) is 10.2 Å². The Morgan fingerprint density at radius 1 is 1.29 bits per heavy atom. The maximum atomic E-state index is 10.9. The molecule has 0 aromatic carbocycles. The molecule has 88 valence electrons. The molecule has 1 aliphatic rings. The lowest BCUT2D eigenvalue weighted by atomic mass is 10.1. The maximum Gasteiger partial charge on any atom is 0.153 e. The number of pyridine rings is 1. The predicted octanol–water partition coefficient (Wildman–Crippen LogP) is 4.03. The van der Waals surface area contributed by atoms with Crippen molar-refractivity contribution in [3.8, 4) is 0 Å². The number of fused-ring (bicyclic) bond motifs is 3. The van der Waals surface area contributed by atoms with Crippen molar-refractivity contribution in [2.24, 2.45) is 0 Å². The lowest BCUT2D eigenvalue weighted by molar-refractivity contribution is 0.112. The monoisotopic (exact) mass is 265 g/mol. The van der Waals surface area contributed by atoms with E-state index in [1.807, 2.05) is 0 Å². The van der Waals surface area contributed by atoms with E-state index in [9.17, 15) is 4.79 Å². The molecule has 2 heterocycles. The highest BCUT2D eigenvalue weighted by Crippen LogP contribution is 2.39. The summed E-state index contributed by atoms with van der Waals surface area (Å²) in [6, 6.07) is 0. The van der Waals surface area contributed by atoms with Gasteiger partial charge in [-0.15, -0.1) is 11.3 Å². The highest BCUT2D eigenvalue weighted by atomic mass is 35.5. The van der Waals surface area contributed by atoms with Gasteiger partial charge < -0.3 is 0 Å². The van der Waals surface area contributed by atoms with E-state index in [2.05, 4.69) is 4.98 Å². The summed E-state index contributed by atoms with van der Waals surface area (Å²) in [6.45, 7) is 0. The van der Waals surface area contributed by atoms with Gasteiger partial charge in [0.2, 0.25) is 0 Å². The van der Waals surface area contributed by atoms with Gasteiger partial charge in [-0.1, -0.05) is 18.0 Å². The molecular weight excluding hydrogens is 254 g/mol. The van der Waals surface area contributed by atoms with Crippen LogP contribution >= 0.6 is 22.9 Å². The van der Waals surface area contributed by atoms with Gasteiger partial charge in [0.25, 0.3) is 0 Å². The van der Waals surface area contributed by atoms with Crippen LogP contribution in [0.3, 0.4) is 0 Å². The summed E-state index contributed by atoms with van der Waals surface area (Å²) in [4.78, 5) is 17.7. The van der Waals surface area contributed by atoms with Crippen LogP contribution < -0.4 is 0 Å². The van der Waals surface area contributed by atoms with E-state index in [1.165, 1.54) is 29.7 Å². The lowest BCUT2D eigenvalue weighted by Crippen LogP contribution is -1.89. The van der Waals surface area contributed by atoms with Gasteiger partial charge in [0.1, 0.15) is 4.83 Å². The van der Waals surface area contributed by atoms with Crippen LogP contribution in [-0.2, 0) is 12.8 Å². The third-order valence-corrected chi connectivity index (χ3v) is 4.93. The molecule has 0 radical (unpaired) electrons. The second-order valence-corrected chi connectivity index (χ2v) is 5.85. The average Bonchev–Trinajstić information content (AvgIpc) is 2.53. The molecule has 17 heavy (non-hydrogen) atoms. The number of aldehydes is 1. The third kappa shape index (κ3) is 1.78. The fraction of sp³-hybridized carbons (Fsp3) is 0.385. The average molecular weight is 266 g/mol. The van der Waals surface area contributed by atoms with Crippen LogP contribution in [0.2, 0.25) is 5.02 Å². The summed E-state index contributed by atoms with van der Waals surface area (Å²) in [5.41, 5.74) is 1.84. The number of halogens is 1. The molecule has 2 aromatic heterocycles. The Bertz CT molecular complexity index is 591. The smallest absolute Gasteiger partial charge is 0.153 e. The molecule has 4 heteroatoms. The zero-order chi connectivity index (χ0) is 11.8. The minimum Gasteiger partial charge on any atom is -0.298 e. The molecule has 2 nitrogen and oxygen atoms in total. The Kier molecular flexibility index (Phi) is 2.89.